The average molecular weight is 254 g/mol. The zero-order chi connectivity index (χ0) is 13.4. The second-order valence-electron chi connectivity index (χ2n) is 4.26. The lowest BCUT2D eigenvalue weighted by molar-refractivity contribution is 0.789. The quantitative estimate of drug-likeness (QED) is 0.726. The predicted octanol–water partition coefficient (Wildman–Crippen LogP) is 1.65. The molecule has 0 aliphatic rings. The molecule has 0 saturated carbocycles. The Morgan fingerprint density at radius 2 is 1.89 bits per heavy atom. The molecule has 3 N–H and O–H groups in total. The van der Waals surface area contributed by atoms with E-state index in [1.54, 1.807) is 4.68 Å². The highest BCUT2D eigenvalue weighted by Crippen LogP contribution is 2.29. The number of fused-ring (bicyclic) bond motifs is 1. The van der Waals surface area contributed by atoms with Gasteiger partial charge in [-0.3, -0.25) is 0 Å². The molecule has 2 heterocycles. The molecule has 6 heteroatoms. The lowest BCUT2D eigenvalue weighted by Crippen LogP contribution is -1.95. The van der Waals surface area contributed by atoms with Crippen LogP contribution in [-0.2, 0) is 7.05 Å². The molecule has 1 aromatic carbocycles. The van der Waals surface area contributed by atoms with Gasteiger partial charge in [-0.15, -0.1) is 0 Å². The summed E-state index contributed by atoms with van der Waals surface area (Å²) in [5.74, 6) is 0.450. The molecule has 0 fully saturated rings. The molecule has 0 bridgehead atoms. The fraction of sp³-hybridized carbons (Fsp3) is 0.154. The molecule has 0 unspecified atom stereocenters. The standard InChI is InChI=1S/C13H14N6/c1-15-9-5-3-8(4-6-9)11-10-12(14)16-7-17-13(10)19(2)18-11/h3-7,15H,1-2H3,(H2,14,16,17). The number of nitrogens with one attached hydrogen (secondary N) is 1. The second kappa shape index (κ2) is 4.24. The van der Waals surface area contributed by atoms with Crippen LogP contribution in [0.1, 0.15) is 0 Å². The van der Waals surface area contributed by atoms with Gasteiger partial charge in [-0.05, 0) is 12.1 Å². The Labute approximate surface area is 110 Å². The summed E-state index contributed by atoms with van der Waals surface area (Å²) in [5, 5.41) is 8.37. The first kappa shape index (κ1) is 11.5. The number of nitrogen functional groups attached to an aromatic ring is 1. The van der Waals surface area contributed by atoms with Crippen LogP contribution in [0.25, 0.3) is 22.3 Å². The molecule has 0 aliphatic carbocycles. The van der Waals surface area contributed by atoms with Crippen molar-refractivity contribution in [1.82, 2.24) is 19.7 Å². The minimum absolute atomic E-state index is 0.450. The van der Waals surface area contributed by atoms with Crippen molar-refractivity contribution in [2.24, 2.45) is 7.05 Å². The number of nitrogens with zero attached hydrogens (tertiary/aromatic N) is 4. The van der Waals surface area contributed by atoms with Gasteiger partial charge >= 0.3 is 0 Å². The first-order valence-corrected chi connectivity index (χ1v) is 5.92. The molecule has 0 saturated heterocycles. The number of aryl methyl sites for hydroxylation is 1. The maximum absolute atomic E-state index is 5.95. The van der Waals surface area contributed by atoms with E-state index in [4.69, 9.17) is 5.73 Å². The van der Waals surface area contributed by atoms with Crippen molar-refractivity contribution in [2.45, 2.75) is 0 Å². The van der Waals surface area contributed by atoms with Crippen molar-refractivity contribution in [3.63, 3.8) is 0 Å². The van der Waals surface area contributed by atoms with Crippen molar-refractivity contribution in [3.8, 4) is 11.3 Å². The smallest absolute Gasteiger partial charge is 0.163 e. The number of benzene rings is 1. The summed E-state index contributed by atoms with van der Waals surface area (Å²) in [6.45, 7) is 0. The number of hydrogen-bond donors (Lipinski definition) is 2. The highest BCUT2D eigenvalue weighted by Gasteiger charge is 2.14. The zero-order valence-electron chi connectivity index (χ0n) is 10.8. The fourth-order valence-corrected chi connectivity index (χ4v) is 2.11. The van der Waals surface area contributed by atoms with E-state index in [1.807, 2.05) is 38.4 Å². The molecule has 0 atom stereocenters. The van der Waals surface area contributed by atoms with Crippen LogP contribution in [0, 0.1) is 0 Å². The number of aromatic nitrogens is 4. The average Bonchev–Trinajstić information content (AvgIpc) is 2.78. The van der Waals surface area contributed by atoms with Crippen LogP contribution in [-0.4, -0.2) is 26.8 Å². The van der Waals surface area contributed by atoms with Crippen molar-refractivity contribution >= 4 is 22.5 Å². The Kier molecular flexibility index (Phi) is 2.56. The SMILES string of the molecule is CNc1ccc(-c2nn(C)c3ncnc(N)c23)cc1. The van der Waals surface area contributed by atoms with E-state index in [0.717, 1.165) is 28.0 Å². The maximum Gasteiger partial charge on any atom is 0.163 e. The molecule has 3 rings (SSSR count). The topological polar surface area (TPSA) is 81.7 Å². The van der Waals surface area contributed by atoms with Gasteiger partial charge in [0.05, 0.1) is 5.39 Å². The van der Waals surface area contributed by atoms with Gasteiger partial charge in [0.1, 0.15) is 17.8 Å². The van der Waals surface area contributed by atoms with Crippen molar-refractivity contribution in [3.05, 3.63) is 30.6 Å². The number of nitrogens with two attached hydrogens (primary N) is 1. The van der Waals surface area contributed by atoms with E-state index in [9.17, 15) is 0 Å². The third-order valence-corrected chi connectivity index (χ3v) is 3.10. The Hall–Kier alpha value is -2.63. The van der Waals surface area contributed by atoms with Crippen LogP contribution >= 0.6 is 0 Å². The van der Waals surface area contributed by atoms with Crippen molar-refractivity contribution < 1.29 is 0 Å². The summed E-state index contributed by atoms with van der Waals surface area (Å²) in [6, 6.07) is 7.99. The molecule has 2 aromatic heterocycles. The highest BCUT2D eigenvalue weighted by atomic mass is 15.3. The van der Waals surface area contributed by atoms with Crippen LogP contribution < -0.4 is 11.1 Å². The van der Waals surface area contributed by atoms with Crippen LogP contribution in [0.3, 0.4) is 0 Å². The Bertz CT molecular complexity index is 729. The highest BCUT2D eigenvalue weighted by molar-refractivity contribution is 5.98. The van der Waals surface area contributed by atoms with E-state index in [0.29, 0.717) is 5.82 Å². The third kappa shape index (κ3) is 1.77. The number of hydrogen-bond acceptors (Lipinski definition) is 5. The summed E-state index contributed by atoms with van der Waals surface area (Å²) in [7, 11) is 3.73. The molecule has 0 spiro atoms. The molecule has 6 nitrogen and oxygen atoms in total. The fourth-order valence-electron chi connectivity index (χ4n) is 2.11. The van der Waals surface area contributed by atoms with Crippen molar-refractivity contribution in [1.29, 1.82) is 0 Å². The van der Waals surface area contributed by atoms with E-state index in [-0.39, 0.29) is 0 Å². The molecular formula is C13H14N6. The van der Waals surface area contributed by atoms with Gasteiger partial charge in [-0.2, -0.15) is 5.10 Å². The maximum atomic E-state index is 5.95. The molecule has 3 aromatic rings. The van der Waals surface area contributed by atoms with Crippen LogP contribution in [0.4, 0.5) is 11.5 Å². The van der Waals surface area contributed by atoms with Gasteiger partial charge in [-0.1, -0.05) is 12.1 Å². The normalized spacial score (nSPS) is 10.8. The largest absolute Gasteiger partial charge is 0.388 e. The van der Waals surface area contributed by atoms with Crippen LogP contribution in [0.15, 0.2) is 30.6 Å². The predicted molar refractivity (Wildman–Crippen MR) is 75.7 cm³/mol. The molecular weight excluding hydrogens is 240 g/mol. The van der Waals surface area contributed by atoms with E-state index in [1.165, 1.54) is 6.33 Å². The van der Waals surface area contributed by atoms with E-state index >= 15 is 0 Å². The van der Waals surface area contributed by atoms with Gasteiger partial charge in [0.15, 0.2) is 5.65 Å². The van der Waals surface area contributed by atoms with Crippen molar-refractivity contribution in [2.75, 3.05) is 18.1 Å². The Balaban J connectivity index is 2.24. The van der Waals surface area contributed by atoms with Gasteiger partial charge in [0.2, 0.25) is 0 Å². The summed E-state index contributed by atoms with van der Waals surface area (Å²) in [4.78, 5) is 8.26. The van der Waals surface area contributed by atoms with Gasteiger partial charge < -0.3 is 11.1 Å². The molecule has 19 heavy (non-hydrogen) atoms. The minimum Gasteiger partial charge on any atom is -0.388 e. The van der Waals surface area contributed by atoms with E-state index < -0.39 is 0 Å². The van der Waals surface area contributed by atoms with Gasteiger partial charge in [-0.25, -0.2) is 14.6 Å². The molecule has 0 radical (unpaired) electrons. The van der Waals surface area contributed by atoms with Crippen LogP contribution in [0.5, 0.6) is 0 Å². The monoisotopic (exact) mass is 254 g/mol. The lowest BCUT2D eigenvalue weighted by Gasteiger charge is -2.02. The number of anilines is 2. The zero-order valence-corrected chi connectivity index (χ0v) is 10.8. The van der Waals surface area contributed by atoms with Crippen LogP contribution in [0.2, 0.25) is 0 Å². The summed E-state index contributed by atoms with van der Waals surface area (Å²) in [6.07, 6.45) is 1.45. The first-order chi connectivity index (χ1) is 9.20. The summed E-state index contributed by atoms with van der Waals surface area (Å²) >= 11 is 0. The molecule has 96 valence electrons. The third-order valence-electron chi connectivity index (χ3n) is 3.10. The Morgan fingerprint density at radius 1 is 1.16 bits per heavy atom. The minimum atomic E-state index is 0.450. The summed E-state index contributed by atoms with van der Waals surface area (Å²) in [5.41, 5.74) is 9.53. The van der Waals surface area contributed by atoms with Gasteiger partial charge in [0.25, 0.3) is 0 Å². The van der Waals surface area contributed by atoms with Gasteiger partial charge in [0, 0.05) is 25.3 Å². The van der Waals surface area contributed by atoms with E-state index in [2.05, 4.69) is 20.4 Å². The molecule has 0 amide bonds. The summed E-state index contributed by atoms with van der Waals surface area (Å²) < 4.78 is 1.72. The second-order valence-corrected chi connectivity index (χ2v) is 4.26. The first-order valence-electron chi connectivity index (χ1n) is 5.92. The number of rotatable bonds is 2. The Morgan fingerprint density at radius 3 is 2.58 bits per heavy atom. The lowest BCUT2D eigenvalue weighted by atomic mass is 10.1. The molecule has 0 aliphatic heterocycles.